The fraction of sp³-hybridized carbons (Fsp3) is 0.562. The highest BCUT2D eigenvalue weighted by molar-refractivity contribution is 6.00. The quantitative estimate of drug-likeness (QED) is 0.847. The Morgan fingerprint density at radius 1 is 1.42 bits per heavy atom. The number of hydrogen-bond donors (Lipinski definition) is 1. The number of carbonyl (C=O) groups excluding carboxylic acids is 1. The van der Waals surface area contributed by atoms with Gasteiger partial charge in [0.25, 0.3) is 0 Å². The van der Waals surface area contributed by atoms with Crippen LogP contribution in [0.5, 0.6) is 5.75 Å². The molecule has 0 amide bonds. The van der Waals surface area contributed by atoms with Crippen LogP contribution < -0.4 is 10.1 Å². The number of benzene rings is 1. The third kappa shape index (κ3) is 2.98. The Balaban J connectivity index is 2.20. The fourth-order valence-corrected chi connectivity index (χ4v) is 2.79. The van der Waals surface area contributed by atoms with Crippen molar-refractivity contribution in [2.75, 3.05) is 20.2 Å². The van der Waals surface area contributed by atoms with Crippen LogP contribution in [0.3, 0.4) is 0 Å². The van der Waals surface area contributed by atoms with Crippen molar-refractivity contribution < 1.29 is 9.53 Å². The first-order valence-corrected chi connectivity index (χ1v) is 6.95. The summed E-state index contributed by atoms with van der Waals surface area (Å²) in [7, 11) is 1.62. The number of piperidine rings is 1. The van der Waals surface area contributed by atoms with E-state index >= 15 is 0 Å². The molecule has 1 aliphatic rings. The van der Waals surface area contributed by atoms with Gasteiger partial charge >= 0.3 is 0 Å². The van der Waals surface area contributed by atoms with E-state index in [1.54, 1.807) is 7.11 Å². The molecule has 0 saturated carbocycles. The van der Waals surface area contributed by atoms with Gasteiger partial charge in [0.05, 0.1) is 7.11 Å². The molecule has 0 aromatic heterocycles. The zero-order valence-electron chi connectivity index (χ0n) is 12.0. The number of methoxy groups -OCH3 is 1. The molecular weight excluding hydrogens is 238 g/mol. The third-order valence-corrected chi connectivity index (χ3v) is 4.23. The molecule has 3 nitrogen and oxygen atoms in total. The summed E-state index contributed by atoms with van der Waals surface area (Å²) >= 11 is 0. The van der Waals surface area contributed by atoms with Crippen molar-refractivity contribution in [2.24, 2.45) is 11.3 Å². The highest BCUT2D eigenvalue weighted by Crippen LogP contribution is 2.35. The smallest absolute Gasteiger partial charge is 0.168 e. The van der Waals surface area contributed by atoms with Crippen LogP contribution in [0.2, 0.25) is 0 Å². The van der Waals surface area contributed by atoms with Crippen LogP contribution >= 0.6 is 0 Å². The molecule has 1 saturated heterocycles. The molecule has 0 bridgehead atoms. The van der Waals surface area contributed by atoms with Crippen molar-refractivity contribution in [1.29, 1.82) is 0 Å². The lowest BCUT2D eigenvalue weighted by atomic mass is 9.70. The second-order valence-corrected chi connectivity index (χ2v) is 5.83. The molecule has 1 N–H and O–H groups in total. The summed E-state index contributed by atoms with van der Waals surface area (Å²) in [4.78, 5) is 12.8. The first-order valence-electron chi connectivity index (χ1n) is 6.95. The number of hydrogen-bond acceptors (Lipinski definition) is 3. The number of ketones is 1. The summed E-state index contributed by atoms with van der Waals surface area (Å²) in [6, 6.07) is 7.45. The van der Waals surface area contributed by atoms with Crippen LogP contribution in [0.25, 0.3) is 0 Å². The van der Waals surface area contributed by atoms with E-state index < -0.39 is 0 Å². The highest BCUT2D eigenvalue weighted by atomic mass is 16.5. The van der Waals surface area contributed by atoms with E-state index in [-0.39, 0.29) is 11.2 Å². The molecular formula is C16H23NO2. The fourth-order valence-electron chi connectivity index (χ4n) is 2.79. The topological polar surface area (TPSA) is 38.3 Å². The number of rotatable bonds is 4. The zero-order valence-corrected chi connectivity index (χ0v) is 12.0. The van der Waals surface area contributed by atoms with E-state index in [4.69, 9.17) is 4.74 Å². The minimum atomic E-state index is -0.334. The van der Waals surface area contributed by atoms with Crippen LogP contribution in [0.4, 0.5) is 0 Å². The van der Waals surface area contributed by atoms with Gasteiger partial charge < -0.3 is 10.1 Å². The maximum absolute atomic E-state index is 12.8. The van der Waals surface area contributed by atoms with Gasteiger partial charge in [0, 0.05) is 11.0 Å². The van der Waals surface area contributed by atoms with Gasteiger partial charge in [-0.05, 0) is 44.0 Å². The van der Waals surface area contributed by atoms with Crippen molar-refractivity contribution in [3.63, 3.8) is 0 Å². The Labute approximate surface area is 115 Å². The van der Waals surface area contributed by atoms with Crippen LogP contribution in [-0.2, 0) is 0 Å². The van der Waals surface area contributed by atoms with Crippen molar-refractivity contribution in [2.45, 2.75) is 26.7 Å². The SMILES string of the molecule is COc1cccc(C(=O)C(C)(C)C2CCCNC2)c1. The maximum Gasteiger partial charge on any atom is 0.168 e. The average Bonchev–Trinajstić information content (AvgIpc) is 2.47. The highest BCUT2D eigenvalue weighted by Gasteiger charge is 2.37. The number of nitrogens with one attached hydrogen (secondary N) is 1. The average molecular weight is 261 g/mol. The predicted molar refractivity (Wildman–Crippen MR) is 76.7 cm³/mol. The normalized spacial score (nSPS) is 20.1. The van der Waals surface area contributed by atoms with Crippen molar-refractivity contribution in [1.82, 2.24) is 5.32 Å². The van der Waals surface area contributed by atoms with Gasteiger partial charge in [-0.2, -0.15) is 0 Å². The number of carbonyl (C=O) groups is 1. The van der Waals surface area contributed by atoms with E-state index in [1.807, 2.05) is 24.3 Å². The summed E-state index contributed by atoms with van der Waals surface area (Å²) in [6.45, 7) is 6.13. The molecule has 1 unspecified atom stereocenters. The van der Waals surface area contributed by atoms with Crippen LogP contribution in [0.1, 0.15) is 37.0 Å². The lowest BCUT2D eigenvalue weighted by molar-refractivity contribution is 0.0708. The Bertz CT molecular complexity index is 448. The number of Topliss-reactive ketones (excluding diaryl/α,β-unsaturated/α-hetero) is 1. The summed E-state index contributed by atoms with van der Waals surface area (Å²) in [6.07, 6.45) is 2.27. The van der Waals surface area contributed by atoms with Gasteiger partial charge in [-0.15, -0.1) is 0 Å². The van der Waals surface area contributed by atoms with Crippen LogP contribution in [-0.4, -0.2) is 26.0 Å². The molecule has 0 aliphatic carbocycles. The van der Waals surface area contributed by atoms with E-state index in [2.05, 4.69) is 19.2 Å². The molecule has 0 radical (unpaired) electrons. The standard InChI is InChI=1S/C16H23NO2/c1-16(2,13-7-5-9-17-11-13)15(18)12-6-4-8-14(10-12)19-3/h4,6,8,10,13,17H,5,7,9,11H2,1-3H3. The first kappa shape index (κ1) is 14.1. The molecule has 1 fully saturated rings. The van der Waals surface area contributed by atoms with E-state index in [0.29, 0.717) is 5.92 Å². The van der Waals surface area contributed by atoms with Crippen LogP contribution in [0.15, 0.2) is 24.3 Å². The lowest BCUT2D eigenvalue weighted by Gasteiger charge is -2.36. The van der Waals surface area contributed by atoms with Gasteiger partial charge in [-0.25, -0.2) is 0 Å². The van der Waals surface area contributed by atoms with E-state index in [1.165, 1.54) is 0 Å². The second kappa shape index (κ2) is 5.74. The largest absolute Gasteiger partial charge is 0.497 e. The van der Waals surface area contributed by atoms with Gasteiger partial charge in [0.1, 0.15) is 5.75 Å². The molecule has 2 rings (SSSR count). The molecule has 0 spiro atoms. The molecule has 1 aromatic rings. The van der Waals surface area contributed by atoms with E-state index in [0.717, 1.165) is 37.2 Å². The maximum atomic E-state index is 12.8. The van der Waals surface area contributed by atoms with Gasteiger partial charge in [-0.1, -0.05) is 26.0 Å². The Hall–Kier alpha value is -1.35. The molecule has 19 heavy (non-hydrogen) atoms. The molecule has 1 heterocycles. The van der Waals surface area contributed by atoms with Gasteiger partial charge in [0.2, 0.25) is 0 Å². The second-order valence-electron chi connectivity index (χ2n) is 5.83. The lowest BCUT2D eigenvalue weighted by Crippen LogP contribution is -2.42. The monoisotopic (exact) mass is 261 g/mol. The van der Waals surface area contributed by atoms with Crippen LogP contribution in [0, 0.1) is 11.3 Å². The van der Waals surface area contributed by atoms with Gasteiger partial charge in [0.15, 0.2) is 5.78 Å². The van der Waals surface area contributed by atoms with Gasteiger partial charge in [-0.3, -0.25) is 4.79 Å². The molecule has 1 atom stereocenters. The summed E-state index contributed by atoms with van der Waals surface area (Å²) in [5.74, 6) is 1.35. The van der Waals surface area contributed by atoms with Crippen molar-refractivity contribution in [3.05, 3.63) is 29.8 Å². The van der Waals surface area contributed by atoms with Crippen molar-refractivity contribution >= 4 is 5.78 Å². The summed E-state index contributed by atoms with van der Waals surface area (Å²) in [5, 5.41) is 3.39. The predicted octanol–water partition coefficient (Wildman–Crippen LogP) is 2.90. The Kier molecular flexibility index (Phi) is 4.25. The first-order chi connectivity index (χ1) is 9.05. The number of ether oxygens (including phenoxy) is 1. The molecule has 1 aliphatic heterocycles. The molecule has 1 aromatic carbocycles. The van der Waals surface area contributed by atoms with E-state index in [9.17, 15) is 4.79 Å². The van der Waals surface area contributed by atoms with Crippen molar-refractivity contribution in [3.8, 4) is 5.75 Å². The minimum absolute atomic E-state index is 0.208. The minimum Gasteiger partial charge on any atom is -0.497 e. The summed E-state index contributed by atoms with van der Waals surface area (Å²) < 4.78 is 5.20. The Morgan fingerprint density at radius 2 is 2.21 bits per heavy atom. The molecule has 104 valence electrons. The Morgan fingerprint density at radius 3 is 2.84 bits per heavy atom. The summed E-state index contributed by atoms with van der Waals surface area (Å²) in [5.41, 5.74) is 0.412. The zero-order chi connectivity index (χ0) is 13.9. The third-order valence-electron chi connectivity index (χ3n) is 4.23. The molecule has 3 heteroatoms.